The van der Waals surface area contributed by atoms with Crippen molar-refractivity contribution >= 4 is 16.8 Å². The van der Waals surface area contributed by atoms with Crippen LogP contribution >= 0.6 is 0 Å². The number of nitrogens with zero attached hydrogens (tertiary/aromatic N) is 2. The highest BCUT2D eigenvalue weighted by molar-refractivity contribution is 6.06. The summed E-state index contributed by atoms with van der Waals surface area (Å²) in [5, 5.41) is 4.29. The van der Waals surface area contributed by atoms with Crippen molar-refractivity contribution in [1.29, 1.82) is 0 Å². The molecule has 1 unspecified atom stereocenters. The monoisotopic (exact) mass is 357 g/mol. The third-order valence-corrected chi connectivity index (χ3v) is 6.01. The standard InChI is InChI=1S/C23H23N3O/c27-23(25-21-15-26-13-11-17(21)12-14-26)19-8-4-7-18-9-10-20(24-22(18)19)16-5-2-1-3-6-16/h1-10,17,21H,11-15H2,(H,25,27). The number of fused-ring (bicyclic) bond motifs is 4. The van der Waals surface area contributed by atoms with Crippen molar-refractivity contribution in [2.75, 3.05) is 19.6 Å². The molecule has 3 aliphatic rings. The van der Waals surface area contributed by atoms with Crippen LogP contribution in [0.15, 0.2) is 60.7 Å². The third kappa shape index (κ3) is 3.10. The second-order valence-electron chi connectivity index (χ2n) is 7.66. The molecular formula is C23H23N3O. The zero-order valence-corrected chi connectivity index (χ0v) is 15.3. The Morgan fingerprint density at radius 2 is 1.78 bits per heavy atom. The molecule has 1 atom stereocenters. The van der Waals surface area contributed by atoms with E-state index in [4.69, 9.17) is 4.98 Å². The second-order valence-corrected chi connectivity index (χ2v) is 7.66. The van der Waals surface area contributed by atoms with Gasteiger partial charge in [0, 0.05) is 23.5 Å². The fourth-order valence-corrected chi connectivity index (χ4v) is 4.47. The predicted octanol–water partition coefficient (Wildman–Crippen LogP) is 3.73. The summed E-state index contributed by atoms with van der Waals surface area (Å²) < 4.78 is 0. The van der Waals surface area contributed by atoms with Gasteiger partial charge in [0.25, 0.3) is 5.91 Å². The van der Waals surface area contributed by atoms with Crippen LogP contribution in [0.2, 0.25) is 0 Å². The first kappa shape index (κ1) is 16.5. The molecule has 3 fully saturated rings. The lowest BCUT2D eigenvalue weighted by Gasteiger charge is -2.44. The normalized spacial score (nSPS) is 24.1. The first-order valence-electron chi connectivity index (χ1n) is 9.76. The number of rotatable bonds is 3. The van der Waals surface area contributed by atoms with Gasteiger partial charge in [-0.3, -0.25) is 4.79 Å². The van der Waals surface area contributed by atoms with Crippen LogP contribution in [0.5, 0.6) is 0 Å². The third-order valence-electron chi connectivity index (χ3n) is 6.01. The van der Waals surface area contributed by atoms with Gasteiger partial charge in [-0.25, -0.2) is 4.98 Å². The largest absolute Gasteiger partial charge is 0.348 e. The number of hydrogen-bond donors (Lipinski definition) is 1. The molecule has 0 spiro atoms. The Morgan fingerprint density at radius 3 is 2.52 bits per heavy atom. The van der Waals surface area contributed by atoms with Crippen molar-refractivity contribution in [2.24, 2.45) is 5.92 Å². The number of benzene rings is 2. The molecule has 0 aliphatic carbocycles. The molecule has 3 aliphatic heterocycles. The van der Waals surface area contributed by atoms with E-state index in [-0.39, 0.29) is 11.9 Å². The molecule has 6 rings (SSSR count). The van der Waals surface area contributed by atoms with Crippen LogP contribution in [0.25, 0.3) is 22.2 Å². The van der Waals surface area contributed by atoms with E-state index in [1.807, 2.05) is 54.6 Å². The lowest BCUT2D eigenvalue weighted by molar-refractivity contribution is 0.0621. The SMILES string of the molecule is O=C(NC1CN2CCC1CC2)c1cccc2ccc(-c3ccccc3)nc12. The molecule has 3 saturated heterocycles. The van der Waals surface area contributed by atoms with Crippen molar-refractivity contribution in [3.05, 3.63) is 66.2 Å². The van der Waals surface area contributed by atoms with E-state index in [0.717, 1.165) is 28.7 Å². The summed E-state index contributed by atoms with van der Waals surface area (Å²) in [5.74, 6) is 0.610. The minimum Gasteiger partial charge on any atom is -0.348 e. The molecule has 4 heterocycles. The van der Waals surface area contributed by atoms with Gasteiger partial charge in [-0.1, -0.05) is 48.5 Å². The summed E-state index contributed by atoms with van der Waals surface area (Å²) in [7, 11) is 0. The van der Waals surface area contributed by atoms with Crippen molar-refractivity contribution in [2.45, 2.75) is 18.9 Å². The molecule has 4 nitrogen and oxygen atoms in total. The highest BCUT2D eigenvalue weighted by Gasteiger charge is 2.35. The number of nitrogens with one attached hydrogen (secondary N) is 1. The summed E-state index contributed by atoms with van der Waals surface area (Å²) in [5.41, 5.74) is 3.40. The quantitative estimate of drug-likeness (QED) is 0.777. The van der Waals surface area contributed by atoms with Gasteiger partial charge < -0.3 is 10.2 Å². The van der Waals surface area contributed by atoms with Gasteiger partial charge in [-0.15, -0.1) is 0 Å². The Hall–Kier alpha value is -2.72. The zero-order valence-electron chi connectivity index (χ0n) is 15.3. The molecule has 1 aromatic heterocycles. The number of aromatic nitrogens is 1. The maximum atomic E-state index is 13.1. The fraction of sp³-hybridized carbons (Fsp3) is 0.304. The van der Waals surface area contributed by atoms with Crippen LogP contribution in [-0.4, -0.2) is 41.5 Å². The zero-order chi connectivity index (χ0) is 18.2. The molecule has 4 heteroatoms. The van der Waals surface area contributed by atoms with Crippen LogP contribution in [0.4, 0.5) is 0 Å². The van der Waals surface area contributed by atoms with Crippen molar-refractivity contribution in [3.8, 4) is 11.3 Å². The summed E-state index contributed by atoms with van der Waals surface area (Å²) in [6, 6.07) is 20.3. The Bertz CT molecular complexity index is 977. The van der Waals surface area contributed by atoms with Crippen molar-refractivity contribution in [1.82, 2.24) is 15.2 Å². The van der Waals surface area contributed by atoms with Crippen LogP contribution in [-0.2, 0) is 0 Å². The molecule has 1 amide bonds. The Morgan fingerprint density at radius 1 is 0.963 bits per heavy atom. The van der Waals surface area contributed by atoms with Crippen molar-refractivity contribution in [3.63, 3.8) is 0 Å². The number of amides is 1. The molecule has 0 radical (unpaired) electrons. The Labute approximate surface area is 159 Å². The number of pyridine rings is 1. The highest BCUT2D eigenvalue weighted by atomic mass is 16.1. The summed E-state index contributed by atoms with van der Waals surface area (Å²) in [6.45, 7) is 3.32. The summed E-state index contributed by atoms with van der Waals surface area (Å²) in [6.07, 6.45) is 2.38. The molecule has 27 heavy (non-hydrogen) atoms. The highest BCUT2D eigenvalue weighted by Crippen LogP contribution is 2.28. The first-order chi connectivity index (χ1) is 13.3. The van der Waals surface area contributed by atoms with Crippen LogP contribution in [0.1, 0.15) is 23.2 Å². The molecule has 3 aromatic rings. The van der Waals surface area contributed by atoms with E-state index in [0.29, 0.717) is 11.5 Å². The molecule has 1 N–H and O–H groups in total. The smallest absolute Gasteiger partial charge is 0.253 e. The van der Waals surface area contributed by atoms with E-state index in [1.165, 1.54) is 25.9 Å². The lowest BCUT2D eigenvalue weighted by atomic mass is 9.84. The van der Waals surface area contributed by atoms with Gasteiger partial charge in [-0.2, -0.15) is 0 Å². The van der Waals surface area contributed by atoms with E-state index in [9.17, 15) is 4.79 Å². The topological polar surface area (TPSA) is 45.2 Å². The van der Waals surface area contributed by atoms with Gasteiger partial charge in [0.15, 0.2) is 0 Å². The second kappa shape index (κ2) is 6.78. The number of carbonyl (C=O) groups excluding carboxylic acids is 1. The molecular weight excluding hydrogens is 334 g/mol. The average Bonchev–Trinajstić information content (AvgIpc) is 2.74. The molecule has 0 saturated carbocycles. The average molecular weight is 357 g/mol. The van der Waals surface area contributed by atoms with E-state index in [1.54, 1.807) is 0 Å². The first-order valence-corrected chi connectivity index (χ1v) is 9.76. The number of piperidine rings is 3. The number of carbonyl (C=O) groups is 1. The van der Waals surface area contributed by atoms with E-state index in [2.05, 4.69) is 16.3 Å². The minimum absolute atomic E-state index is 0.00272. The van der Waals surface area contributed by atoms with Crippen molar-refractivity contribution < 1.29 is 4.79 Å². The molecule has 2 bridgehead atoms. The van der Waals surface area contributed by atoms with E-state index >= 15 is 0 Å². The van der Waals surface area contributed by atoms with Gasteiger partial charge in [0.1, 0.15) is 0 Å². The number of hydrogen-bond acceptors (Lipinski definition) is 3. The Kier molecular flexibility index (Phi) is 4.13. The summed E-state index contributed by atoms with van der Waals surface area (Å²) >= 11 is 0. The predicted molar refractivity (Wildman–Crippen MR) is 108 cm³/mol. The van der Waals surface area contributed by atoms with Gasteiger partial charge in [0.2, 0.25) is 0 Å². The van der Waals surface area contributed by atoms with Gasteiger partial charge in [-0.05, 0) is 44.0 Å². The summed E-state index contributed by atoms with van der Waals surface area (Å²) in [4.78, 5) is 20.4. The maximum absolute atomic E-state index is 13.1. The Balaban J connectivity index is 1.48. The van der Waals surface area contributed by atoms with Crippen LogP contribution in [0, 0.1) is 5.92 Å². The lowest BCUT2D eigenvalue weighted by Crippen LogP contribution is -2.57. The van der Waals surface area contributed by atoms with Gasteiger partial charge in [0.05, 0.1) is 16.8 Å². The minimum atomic E-state index is -0.00272. The number of para-hydroxylation sites is 1. The molecule has 136 valence electrons. The maximum Gasteiger partial charge on any atom is 0.253 e. The van der Waals surface area contributed by atoms with Crippen LogP contribution < -0.4 is 5.32 Å². The fourth-order valence-electron chi connectivity index (χ4n) is 4.47. The van der Waals surface area contributed by atoms with E-state index < -0.39 is 0 Å². The van der Waals surface area contributed by atoms with Crippen LogP contribution in [0.3, 0.4) is 0 Å². The molecule has 2 aromatic carbocycles. The van der Waals surface area contributed by atoms with Gasteiger partial charge >= 0.3 is 0 Å².